The number of esters is 2. The van der Waals surface area contributed by atoms with Crippen LogP contribution < -0.4 is 5.32 Å². The number of fused-ring (bicyclic) bond motifs is 6. The van der Waals surface area contributed by atoms with E-state index in [0.717, 1.165) is 11.3 Å². The van der Waals surface area contributed by atoms with Crippen LogP contribution in [0.5, 0.6) is 0 Å². The first-order chi connectivity index (χ1) is 22.6. The van der Waals surface area contributed by atoms with Gasteiger partial charge in [0.25, 0.3) is 0 Å². The van der Waals surface area contributed by atoms with E-state index in [2.05, 4.69) is 53.8 Å². The lowest BCUT2D eigenvalue weighted by Gasteiger charge is -2.14. The fourth-order valence-corrected chi connectivity index (χ4v) is 6.23. The minimum absolute atomic E-state index is 0.00661. The summed E-state index contributed by atoms with van der Waals surface area (Å²) >= 11 is 0. The number of aliphatic hydroxyl groups excluding tert-OH is 2. The van der Waals surface area contributed by atoms with Gasteiger partial charge in [0.1, 0.15) is 26.4 Å². The number of ether oxygens (including phenoxy) is 2. The van der Waals surface area contributed by atoms with Gasteiger partial charge in [0, 0.05) is 17.5 Å². The van der Waals surface area contributed by atoms with E-state index in [1.807, 2.05) is 72.8 Å². The number of carbonyl (C=O) groups excluding carboxylic acids is 2. The average molecular weight is 614 g/mol. The number of benzene rings is 5. The topological polar surface area (TPSA) is 105 Å². The van der Waals surface area contributed by atoms with Crippen molar-refractivity contribution in [3.63, 3.8) is 0 Å². The molecule has 0 atom stereocenters. The Hall–Kier alpha value is -5.24. The summed E-state index contributed by atoms with van der Waals surface area (Å²) < 4.78 is 10.7. The molecule has 7 heteroatoms. The third-order valence-corrected chi connectivity index (χ3v) is 8.45. The number of hydrogen-bond acceptors (Lipinski definition) is 7. The Morgan fingerprint density at radius 3 is 1.33 bits per heavy atom. The van der Waals surface area contributed by atoms with Crippen LogP contribution in [-0.4, -0.2) is 48.5 Å². The second-order valence-corrected chi connectivity index (χ2v) is 11.2. The van der Waals surface area contributed by atoms with Crippen molar-refractivity contribution in [3.8, 4) is 22.3 Å². The summed E-state index contributed by atoms with van der Waals surface area (Å²) in [5.74, 6) is -0.738. The highest BCUT2D eigenvalue weighted by molar-refractivity contribution is 5.80. The predicted molar refractivity (Wildman–Crippen MR) is 177 cm³/mol. The van der Waals surface area contributed by atoms with Gasteiger partial charge in [-0.05, 0) is 62.2 Å². The third kappa shape index (κ3) is 6.56. The van der Waals surface area contributed by atoms with Crippen molar-refractivity contribution in [2.75, 3.05) is 31.7 Å². The highest BCUT2D eigenvalue weighted by Crippen LogP contribution is 2.45. The molecule has 3 N–H and O–H groups in total. The Morgan fingerprint density at radius 2 is 0.935 bits per heavy atom. The van der Waals surface area contributed by atoms with Gasteiger partial charge in [-0.2, -0.15) is 0 Å². The molecule has 46 heavy (non-hydrogen) atoms. The first kappa shape index (κ1) is 30.8. The number of rotatable bonds is 9. The van der Waals surface area contributed by atoms with Crippen LogP contribution in [0.1, 0.15) is 39.7 Å². The number of nitrogens with one attached hydrogen (secondary N) is 1. The van der Waals surface area contributed by atoms with Crippen molar-refractivity contribution in [1.82, 2.24) is 0 Å². The quantitative estimate of drug-likeness (QED) is 0.168. The van der Waals surface area contributed by atoms with Crippen LogP contribution in [-0.2, 0) is 25.7 Å². The molecule has 0 saturated heterocycles. The Kier molecular flexibility index (Phi) is 9.53. The van der Waals surface area contributed by atoms with Gasteiger partial charge < -0.3 is 25.0 Å². The molecule has 232 valence electrons. The van der Waals surface area contributed by atoms with Crippen molar-refractivity contribution in [1.29, 1.82) is 0 Å². The van der Waals surface area contributed by atoms with Crippen LogP contribution in [0.4, 0.5) is 5.69 Å². The fraction of sp³-hybridized carbons (Fsp3) is 0.179. The Bertz CT molecular complexity index is 1740. The van der Waals surface area contributed by atoms with Gasteiger partial charge in [-0.15, -0.1) is 0 Å². The molecule has 7 rings (SSSR count). The number of anilines is 1. The molecule has 0 bridgehead atoms. The summed E-state index contributed by atoms with van der Waals surface area (Å²) in [5, 5.41) is 20.8. The third-order valence-electron chi connectivity index (χ3n) is 8.45. The van der Waals surface area contributed by atoms with Crippen LogP contribution in [0.3, 0.4) is 0 Å². The maximum Gasteiger partial charge on any atom is 0.331 e. The Morgan fingerprint density at radius 1 is 0.543 bits per heavy atom. The second-order valence-electron chi connectivity index (χ2n) is 11.2. The summed E-state index contributed by atoms with van der Waals surface area (Å²) in [6.07, 6.45) is 0. The van der Waals surface area contributed by atoms with Crippen LogP contribution in [0.25, 0.3) is 22.3 Å². The highest BCUT2D eigenvalue weighted by atomic mass is 16.5. The van der Waals surface area contributed by atoms with Crippen LogP contribution in [0.15, 0.2) is 121 Å². The molecular weight excluding hydrogens is 578 g/mol. The molecule has 5 aromatic rings. The van der Waals surface area contributed by atoms with Crippen molar-refractivity contribution in [2.45, 2.75) is 18.4 Å². The molecule has 7 nitrogen and oxygen atoms in total. The molecule has 0 amide bonds. The molecule has 0 unspecified atom stereocenters. The molecular formula is C39H35NO6. The zero-order chi connectivity index (χ0) is 31.9. The van der Waals surface area contributed by atoms with E-state index < -0.39 is 12.6 Å². The molecule has 5 aromatic carbocycles. The molecule has 0 aromatic heterocycles. The van der Waals surface area contributed by atoms with Crippen LogP contribution in [0.2, 0.25) is 0 Å². The van der Waals surface area contributed by atoms with E-state index in [9.17, 15) is 9.59 Å². The van der Waals surface area contributed by atoms with Gasteiger partial charge in [0.2, 0.25) is 0 Å². The SMILES string of the molecule is O=C(CNc1ccc(CO)cc1)OCC1c2ccccc2-c2ccccc21.O=C(CO)OCC1c2ccccc2-c2ccccc21. The van der Waals surface area contributed by atoms with Crippen molar-refractivity contribution < 1.29 is 29.3 Å². The van der Waals surface area contributed by atoms with E-state index in [-0.39, 0.29) is 37.6 Å². The smallest absolute Gasteiger partial charge is 0.331 e. The summed E-state index contributed by atoms with van der Waals surface area (Å²) in [5.41, 5.74) is 11.3. The molecule has 0 aliphatic heterocycles. The Balaban J connectivity index is 0.000000172. The lowest BCUT2D eigenvalue weighted by molar-refractivity contribution is -0.147. The van der Waals surface area contributed by atoms with Crippen LogP contribution in [0, 0.1) is 0 Å². The zero-order valence-corrected chi connectivity index (χ0v) is 25.3. The van der Waals surface area contributed by atoms with Crippen LogP contribution >= 0.6 is 0 Å². The molecule has 0 saturated carbocycles. The highest BCUT2D eigenvalue weighted by Gasteiger charge is 2.30. The molecule has 2 aliphatic rings. The maximum atomic E-state index is 12.2. The van der Waals surface area contributed by atoms with E-state index in [4.69, 9.17) is 19.7 Å². The van der Waals surface area contributed by atoms with E-state index in [1.165, 1.54) is 44.5 Å². The normalized spacial score (nSPS) is 12.6. The minimum atomic E-state index is -0.582. The molecule has 0 radical (unpaired) electrons. The largest absolute Gasteiger partial charge is 0.463 e. The lowest BCUT2D eigenvalue weighted by Crippen LogP contribution is -2.19. The molecule has 2 aliphatic carbocycles. The van der Waals surface area contributed by atoms with Gasteiger partial charge in [-0.1, -0.05) is 109 Å². The fourth-order valence-electron chi connectivity index (χ4n) is 6.23. The van der Waals surface area contributed by atoms with Crippen molar-refractivity contribution in [2.24, 2.45) is 0 Å². The van der Waals surface area contributed by atoms with E-state index >= 15 is 0 Å². The summed E-state index contributed by atoms with van der Waals surface area (Å²) in [6, 6.07) is 40.2. The number of hydrogen-bond donors (Lipinski definition) is 3. The summed E-state index contributed by atoms with van der Waals surface area (Å²) in [6.45, 7) is 0.141. The minimum Gasteiger partial charge on any atom is -0.463 e. The number of carbonyl (C=O) groups is 2. The average Bonchev–Trinajstić information content (AvgIpc) is 3.61. The molecule has 0 spiro atoms. The molecule has 0 fully saturated rings. The zero-order valence-electron chi connectivity index (χ0n) is 25.3. The van der Waals surface area contributed by atoms with Gasteiger partial charge in [-0.25, -0.2) is 4.79 Å². The number of aliphatic hydroxyl groups is 2. The second kappa shape index (κ2) is 14.2. The Labute approximate surface area is 268 Å². The first-order valence-electron chi connectivity index (χ1n) is 15.3. The van der Waals surface area contributed by atoms with Crippen molar-refractivity contribution >= 4 is 17.6 Å². The standard InChI is InChI=1S/C23H21NO3.C16H14O3/c25-14-16-9-11-17(12-10-16)24-13-23(26)27-15-22-20-7-3-1-5-18(20)19-6-2-4-8-21(19)22;17-9-16(18)19-10-15-13-7-3-1-5-11(13)12-6-2-4-8-14(12)15/h1-12,22,24-25H,13-15H2;1-8,15,17H,9-10H2. The maximum absolute atomic E-state index is 12.2. The summed E-state index contributed by atoms with van der Waals surface area (Å²) in [7, 11) is 0. The van der Waals surface area contributed by atoms with Gasteiger partial charge in [-0.3, -0.25) is 4.79 Å². The first-order valence-corrected chi connectivity index (χ1v) is 15.3. The summed E-state index contributed by atoms with van der Waals surface area (Å²) in [4.78, 5) is 23.3. The lowest BCUT2D eigenvalue weighted by atomic mass is 9.98. The van der Waals surface area contributed by atoms with Gasteiger partial charge >= 0.3 is 11.9 Å². The van der Waals surface area contributed by atoms with Gasteiger partial charge in [0.05, 0.1) is 6.61 Å². The molecule has 0 heterocycles. The van der Waals surface area contributed by atoms with E-state index in [0.29, 0.717) is 6.61 Å². The van der Waals surface area contributed by atoms with Crippen molar-refractivity contribution in [3.05, 3.63) is 149 Å². The van der Waals surface area contributed by atoms with Gasteiger partial charge in [0.15, 0.2) is 0 Å². The predicted octanol–water partition coefficient (Wildman–Crippen LogP) is 6.28. The monoisotopic (exact) mass is 613 g/mol. The van der Waals surface area contributed by atoms with E-state index in [1.54, 1.807) is 0 Å².